The molecule has 3 rings (SSSR count). The molecule has 1 N–H and O–H groups in total. The maximum Gasteiger partial charge on any atom is 0.277 e. The molecule has 0 spiro atoms. The van der Waals surface area contributed by atoms with Gasteiger partial charge in [-0.15, -0.1) is 10.2 Å². The topological polar surface area (TPSA) is 95.7 Å². The van der Waals surface area contributed by atoms with Crippen molar-refractivity contribution in [3.8, 4) is 28.7 Å². The first-order valence-electron chi connectivity index (χ1n) is 8.71. The van der Waals surface area contributed by atoms with Gasteiger partial charge in [0.2, 0.25) is 5.91 Å². The zero-order chi connectivity index (χ0) is 20.6. The molecular formula is C20H21N3O5S. The first-order valence-corrected chi connectivity index (χ1v) is 9.70. The molecule has 9 heteroatoms. The average Bonchev–Trinajstić information content (AvgIpc) is 3.25. The molecule has 0 saturated heterocycles. The number of nitrogens with one attached hydrogen (secondary N) is 1. The molecule has 0 unspecified atom stereocenters. The van der Waals surface area contributed by atoms with Crippen LogP contribution in [0, 0.1) is 0 Å². The SMILES string of the molecule is COc1ccc(CNC(=O)CSc2nnc(-c3ccc(OC)cc3OC)o2)cc1. The van der Waals surface area contributed by atoms with Crippen LogP contribution in [0.1, 0.15) is 5.56 Å². The zero-order valence-corrected chi connectivity index (χ0v) is 17.1. The van der Waals surface area contributed by atoms with E-state index >= 15 is 0 Å². The molecule has 0 atom stereocenters. The van der Waals surface area contributed by atoms with Gasteiger partial charge in [0.05, 0.1) is 32.6 Å². The van der Waals surface area contributed by atoms with E-state index in [9.17, 15) is 4.79 Å². The summed E-state index contributed by atoms with van der Waals surface area (Å²) in [6, 6.07) is 12.8. The van der Waals surface area contributed by atoms with Crippen LogP contribution < -0.4 is 19.5 Å². The molecular weight excluding hydrogens is 394 g/mol. The minimum atomic E-state index is -0.132. The highest BCUT2D eigenvalue weighted by molar-refractivity contribution is 7.99. The third kappa shape index (κ3) is 5.41. The number of rotatable bonds is 9. The summed E-state index contributed by atoms with van der Waals surface area (Å²) in [5, 5.41) is 11.2. The summed E-state index contributed by atoms with van der Waals surface area (Å²) in [6.07, 6.45) is 0. The number of thioether (sulfide) groups is 1. The number of methoxy groups -OCH3 is 3. The number of carbonyl (C=O) groups is 1. The van der Waals surface area contributed by atoms with Crippen LogP contribution in [-0.4, -0.2) is 43.2 Å². The molecule has 8 nitrogen and oxygen atoms in total. The first-order chi connectivity index (χ1) is 14.1. The monoisotopic (exact) mass is 415 g/mol. The van der Waals surface area contributed by atoms with Gasteiger partial charge in [0.15, 0.2) is 0 Å². The molecule has 1 amide bonds. The lowest BCUT2D eigenvalue weighted by Crippen LogP contribution is -2.24. The Bertz CT molecular complexity index is 959. The van der Waals surface area contributed by atoms with Crippen LogP contribution in [-0.2, 0) is 11.3 Å². The van der Waals surface area contributed by atoms with Gasteiger partial charge < -0.3 is 23.9 Å². The third-order valence-electron chi connectivity index (χ3n) is 4.02. The summed E-state index contributed by atoms with van der Waals surface area (Å²) in [7, 11) is 4.74. The Kier molecular flexibility index (Phi) is 6.96. The van der Waals surface area contributed by atoms with Crippen LogP contribution in [0.4, 0.5) is 0 Å². The van der Waals surface area contributed by atoms with Crippen LogP contribution >= 0.6 is 11.8 Å². The fourth-order valence-electron chi connectivity index (χ4n) is 2.47. The fourth-order valence-corrected chi connectivity index (χ4v) is 3.07. The molecule has 0 fully saturated rings. The average molecular weight is 415 g/mol. The van der Waals surface area contributed by atoms with Gasteiger partial charge in [0.1, 0.15) is 17.2 Å². The molecule has 3 aromatic rings. The Morgan fingerprint density at radius 1 is 1.00 bits per heavy atom. The van der Waals surface area contributed by atoms with Gasteiger partial charge in [-0.2, -0.15) is 0 Å². The van der Waals surface area contributed by atoms with E-state index in [1.165, 1.54) is 11.8 Å². The zero-order valence-electron chi connectivity index (χ0n) is 16.3. The lowest BCUT2D eigenvalue weighted by atomic mass is 10.2. The van der Waals surface area contributed by atoms with E-state index in [4.69, 9.17) is 18.6 Å². The predicted molar refractivity (Wildman–Crippen MR) is 108 cm³/mol. The molecule has 0 aliphatic rings. The van der Waals surface area contributed by atoms with Crippen LogP contribution in [0.2, 0.25) is 0 Å². The highest BCUT2D eigenvalue weighted by Crippen LogP contribution is 2.33. The Balaban J connectivity index is 1.54. The molecule has 0 aliphatic carbocycles. The van der Waals surface area contributed by atoms with Crippen LogP contribution in [0.15, 0.2) is 52.1 Å². The Hall–Kier alpha value is -3.20. The Morgan fingerprint density at radius 3 is 2.41 bits per heavy atom. The number of nitrogens with zero attached hydrogens (tertiary/aromatic N) is 2. The highest BCUT2D eigenvalue weighted by Gasteiger charge is 2.15. The number of aromatic nitrogens is 2. The minimum Gasteiger partial charge on any atom is -0.497 e. The first kappa shape index (κ1) is 20.5. The van der Waals surface area contributed by atoms with Gasteiger partial charge in [0.25, 0.3) is 11.1 Å². The standard InChI is InChI=1S/C20H21N3O5S/c1-25-14-6-4-13(5-7-14)11-21-18(24)12-29-20-23-22-19(28-20)16-9-8-15(26-2)10-17(16)27-3/h4-10H,11-12H2,1-3H3,(H,21,24). The van der Waals surface area contributed by atoms with Gasteiger partial charge in [-0.25, -0.2) is 0 Å². The van der Waals surface area contributed by atoms with E-state index in [1.807, 2.05) is 24.3 Å². The van der Waals surface area contributed by atoms with E-state index in [0.717, 1.165) is 11.3 Å². The van der Waals surface area contributed by atoms with Gasteiger partial charge in [-0.1, -0.05) is 23.9 Å². The minimum absolute atomic E-state index is 0.132. The number of hydrogen-bond acceptors (Lipinski definition) is 8. The maximum atomic E-state index is 12.1. The van der Waals surface area contributed by atoms with Crippen molar-refractivity contribution in [2.24, 2.45) is 0 Å². The van der Waals surface area contributed by atoms with Crippen molar-refractivity contribution in [1.82, 2.24) is 15.5 Å². The second-order valence-electron chi connectivity index (χ2n) is 5.85. The van der Waals surface area contributed by atoms with Crippen molar-refractivity contribution in [3.05, 3.63) is 48.0 Å². The predicted octanol–water partition coefficient (Wildman–Crippen LogP) is 3.17. The number of carbonyl (C=O) groups excluding carboxylic acids is 1. The largest absolute Gasteiger partial charge is 0.497 e. The van der Waals surface area contributed by atoms with Gasteiger partial charge in [-0.05, 0) is 29.8 Å². The van der Waals surface area contributed by atoms with E-state index in [0.29, 0.717) is 34.7 Å². The normalized spacial score (nSPS) is 10.4. The summed E-state index contributed by atoms with van der Waals surface area (Å²) in [5.41, 5.74) is 1.63. The molecule has 0 radical (unpaired) electrons. The molecule has 29 heavy (non-hydrogen) atoms. The number of benzene rings is 2. The van der Waals surface area contributed by atoms with Crippen molar-refractivity contribution in [1.29, 1.82) is 0 Å². The summed E-state index contributed by atoms with van der Waals surface area (Å²) in [4.78, 5) is 12.1. The molecule has 1 heterocycles. The number of amides is 1. The fraction of sp³-hybridized carbons (Fsp3) is 0.250. The van der Waals surface area contributed by atoms with Crippen molar-refractivity contribution in [2.75, 3.05) is 27.1 Å². The van der Waals surface area contributed by atoms with E-state index in [1.54, 1.807) is 39.5 Å². The number of ether oxygens (including phenoxy) is 3. The van der Waals surface area contributed by atoms with Gasteiger partial charge in [-0.3, -0.25) is 4.79 Å². The molecule has 0 bridgehead atoms. The Labute approximate surface area is 172 Å². The molecule has 152 valence electrons. The third-order valence-corrected chi connectivity index (χ3v) is 4.84. The molecule has 0 aliphatic heterocycles. The Morgan fingerprint density at radius 2 is 1.72 bits per heavy atom. The van der Waals surface area contributed by atoms with Crippen LogP contribution in [0.25, 0.3) is 11.5 Å². The quantitative estimate of drug-likeness (QED) is 0.533. The summed E-state index contributed by atoms with van der Waals surface area (Å²) < 4.78 is 21.3. The highest BCUT2D eigenvalue weighted by atomic mass is 32.2. The lowest BCUT2D eigenvalue weighted by molar-refractivity contribution is -0.118. The van der Waals surface area contributed by atoms with Crippen molar-refractivity contribution in [3.63, 3.8) is 0 Å². The van der Waals surface area contributed by atoms with E-state index < -0.39 is 0 Å². The second-order valence-corrected chi connectivity index (χ2v) is 6.78. The van der Waals surface area contributed by atoms with Crippen molar-refractivity contribution in [2.45, 2.75) is 11.8 Å². The molecule has 2 aromatic carbocycles. The summed E-state index contributed by atoms with van der Waals surface area (Å²) in [5.74, 6) is 2.34. The lowest BCUT2D eigenvalue weighted by Gasteiger charge is -2.07. The molecule has 0 saturated carbocycles. The molecule has 1 aromatic heterocycles. The van der Waals surface area contributed by atoms with Gasteiger partial charge >= 0.3 is 0 Å². The van der Waals surface area contributed by atoms with Crippen LogP contribution in [0.3, 0.4) is 0 Å². The van der Waals surface area contributed by atoms with E-state index in [-0.39, 0.29) is 11.7 Å². The summed E-state index contributed by atoms with van der Waals surface area (Å²) in [6.45, 7) is 0.432. The number of hydrogen-bond donors (Lipinski definition) is 1. The smallest absolute Gasteiger partial charge is 0.277 e. The van der Waals surface area contributed by atoms with Gasteiger partial charge in [0, 0.05) is 12.6 Å². The van der Waals surface area contributed by atoms with Crippen LogP contribution in [0.5, 0.6) is 17.2 Å². The second kappa shape index (κ2) is 9.83. The van der Waals surface area contributed by atoms with Crippen molar-refractivity contribution >= 4 is 17.7 Å². The van der Waals surface area contributed by atoms with E-state index in [2.05, 4.69) is 15.5 Å². The van der Waals surface area contributed by atoms with Crippen molar-refractivity contribution < 1.29 is 23.4 Å². The summed E-state index contributed by atoms with van der Waals surface area (Å²) >= 11 is 1.17. The maximum absolute atomic E-state index is 12.1.